The first-order valence-electron chi connectivity index (χ1n) is 12.3. The molecule has 42 heavy (non-hydrogen) atoms. The van der Waals surface area contributed by atoms with Gasteiger partial charge in [0.1, 0.15) is 11.8 Å². The van der Waals surface area contributed by atoms with Gasteiger partial charge in [-0.2, -0.15) is 26.3 Å². The van der Waals surface area contributed by atoms with E-state index in [0.717, 1.165) is 0 Å². The molecule has 4 aromatic rings. The molecule has 0 N–H and O–H groups in total. The number of alkyl halides is 6. The van der Waals surface area contributed by atoms with Gasteiger partial charge in [-0.05, 0) is 54.1 Å². The topological polar surface area (TPSA) is 0 Å². The first-order chi connectivity index (χ1) is 19.8. The van der Waals surface area contributed by atoms with Crippen molar-refractivity contribution in [2.75, 3.05) is 0 Å². The van der Waals surface area contributed by atoms with Crippen LogP contribution < -0.4 is 0 Å². The highest BCUT2D eigenvalue weighted by Crippen LogP contribution is 2.48. The number of benzene rings is 4. The van der Waals surface area contributed by atoms with Crippen molar-refractivity contribution in [3.8, 4) is 0 Å². The van der Waals surface area contributed by atoms with Gasteiger partial charge in [-0.15, -0.1) is 0 Å². The zero-order chi connectivity index (χ0) is 30.9. The summed E-state index contributed by atoms with van der Waals surface area (Å²) >= 11 is 12.8. The maximum atomic E-state index is 13.4. The molecule has 10 heteroatoms. The normalized spacial score (nSPS) is 14.5. The summed E-state index contributed by atoms with van der Waals surface area (Å²) in [4.78, 5) is 0. The van der Waals surface area contributed by atoms with Gasteiger partial charge in [-0.1, -0.05) is 153 Å². The fraction of sp³-hybridized carbons (Fsp3) is 0.125. The van der Waals surface area contributed by atoms with E-state index in [0.29, 0.717) is 20.1 Å². The summed E-state index contributed by atoms with van der Waals surface area (Å²) in [5.74, 6) is -3.40. The van der Waals surface area contributed by atoms with Gasteiger partial charge in [0.15, 0.2) is 0 Å². The Morgan fingerprint density at radius 1 is 0.405 bits per heavy atom. The highest BCUT2D eigenvalue weighted by Gasteiger charge is 2.44. The van der Waals surface area contributed by atoms with Crippen LogP contribution in [0.25, 0.3) is 8.96 Å². The average molecular weight is 840 g/mol. The van der Waals surface area contributed by atoms with E-state index < -0.39 is 24.2 Å². The molecule has 220 valence electrons. The Morgan fingerprint density at radius 2 is 0.643 bits per heavy atom. The molecule has 0 aliphatic rings. The number of hydrogen-bond acceptors (Lipinski definition) is 0. The van der Waals surface area contributed by atoms with Crippen molar-refractivity contribution in [2.45, 2.75) is 24.2 Å². The third kappa shape index (κ3) is 9.43. The van der Waals surface area contributed by atoms with Crippen molar-refractivity contribution < 1.29 is 26.3 Å². The molecular weight excluding hydrogens is 818 g/mol. The molecule has 0 aliphatic heterocycles. The van der Waals surface area contributed by atoms with Crippen LogP contribution in [0.1, 0.15) is 34.1 Å². The van der Waals surface area contributed by atoms with Crippen molar-refractivity contribution in [3.63, 3.8) is 0 Å². The number of halogens is 10. The minimum atomic E-state index is -4.38. The maximum Gasteiger partial charge on any atom is 0.400 e. The quantitative estimate of drug-likeness (QED) is 0.170. The van der Waals surface area contributed by atoms with Crippen molar-refractivity contribution in [1.29, 1.82) is 0 Å². The summed E-state index contributed by atoms with van der Waals surface area (Å²) < 4.78 is 81.6. The highest BCUT2D eigenvalue weighted by atomic mass is 79.9. The Balaban J connectivity index is 0.000000230. The lowest BCUT2D eigenvalue weighted by Crippen LogP contribution is -2.21. The van der Waals surface area contributed by atoms with Crippen molar-refractivity contribution in [2.24, 2.45) is 0 Å². The Labute approximate surface area is 274 Å². The van der Waals surface area contributed by atoms with Crippen LogP contribution in [0.2, 0.25) is 0 Å². The van der Waals surface area contributed by atoms with E-state index >= 15 is 0 Å². The molecule has 0 fully saturated rings. The summed E-state index contributed by atoms with van der Waals surface area (Å²) in [6, 6.07) is 33.5. The predicted octanol–water partition coefficient (Wildman–Crippen LogP) is 13.0. The molecule has 0 nitrogen and oxygen atoms in total. The van der Waals surface area contributed by atoms with Gasteiger partial charge in [0, 0.05) is 17.9 Å². The first-order valence-corrected chi connectivity index (χ1v) is 15.4. The minimum absolute atomic E-state index is 0.0624. The van der Waals surface area contributed by atoms with Crippen LogP contribution in [0, 0.1) is 0 Å². The minimum Gasteiger partial charge on any atom is -0.170 e. The zero-order valence-corrected chi connectivity index (χ0v) is 27.8. The van der Waals surface area contributed by atoms with E-state index in [4.69, 9.17) is 0 Å². The second-order valence-corrected chi connectivity index (χ2v) is 12.1. The molecule has 0 aliphatic carbocycles. The van der Waals surface area contributed by atoms with Crippen LogP contribution in [0.3, 0.4) is 0 Å². The molecule has 0 aromatic heterocycles. The van der Waals surface area contributed by atoms with E-state index in [1.165, 1.54) is 24.3 Å². The number of allylic oxidation sites excluding steroid dienone is 2. The fourth-order valence-electron chi connectivity index (χ4n) is 3.95. The lowest BCUT2D eigenvalue weighted by molar-refractivity contribution is -0.140. The lowest BCUT2D eigenvalue weighted by atomic mass is 9.97. The Kier molecular flexibility index (Phi) is 12.7. The van der Waals surface area contributed by atoms with Crippen molar-refractivity contribution >= 4 is 72.7 Å². The van der Waals surface area contributed by atoms with Crippen LogP contribution in [0.4, 0.5) is 26.3 Å². The molecule has 0 unspecified atom stereocenters. The smallest absolute Gasteiger partial charge is 0.170 e. The highest BCUT2D eigenvalue weighted by molar-refractivity contribution is 9.17. The third-order valence-electron chi connectivity index (χ3n) is 5.90. The van der Waals surface area contributed by atoms with Crippen molar-refractivity contribution in [3.05, 3.63) is 153 Å². The lowest BCUT2D eigenvalue weighted by Gasteiger charge is -2.22. The molecule has 2 atom stereocenters. The van der Waals surface area contributed by atoms with Gasteiger partial charge < -0.3 is 0 Å². The molecule has 0 saturated carbocycles. The van der Waals surface area contributed by atoms with Crippen LogP contribution in [0.5, 0.6) is 0 Å². The molecule has 0 spiro atoms. The van der Waals surface area contributed by atoms with Gasteiger partial charge in [-0.25, -0.2) is 0 Å². The Morgan fingerprint density at radius 3 is 0.881 bits per heavy atom. The predicted molar refractivity (Wildman–Crippen MR) is 173 cm³/mol. The fourth-order valence-corrected chi connectivity index (χ4v) is 6.44. The van der Waals surface area contributed by atoms with E-state index in [1.54, 1.807) is 84.9 Å². The Hall–Kier alpha value is -2.14. The number of hydrogen-bond donors (Lipinski definition) is 0. The molecule has 0 amide bonds. The molecule has 4 rings (SSSR count). The van der Waals surface area contributed by atoms with Crippen LogP contribution >= 0.6 is 63.7 Å². The second-order valence-electron chi connectivity index (χ2n) is 8.83. The molecular formula is C32H22Br4F6. The molecule has 0 bridgehead atoms. The summed E-state index contributed by atoms with van der Waals surface area (Å²) in [5.41, 5.74) is 1.78. The first kappa shape index (κ1) is 34.4. The second kappa shape index (κ2) is 15.5. The van der Waals surface area contributed by atoms with E-state index in [2.05, 4.69) is 63.7 Å². The summed E-state index contributed by atoms with van der Waals surface area (Å²) in [6.07, 6.45) is -8.76. The Bertz CT molecular complexity index is 1350. The van der Waals surface area contributed by atoms with E-state index in [-0.39, 0.29) is 20.1 Å². The number of rotatable bonds is 6. The van der Waals surface area contributed by atoms with E-state index in [9.17, 15) is 26.3 Å². The standard InChI is InChI=1S/2C16H11Br2F3/c2*17-14(12-9-5-2-6-10-12)15(18)13(16(19,20)21)11-7-3-1-4-8-11/h2*1-10,13H/b2*15-14-/t2*13-/m11/s1. The van der Waals surface area contributed by atoms with Crippen LogP contribution in [-0.2, 0) is 0 Å². The molecule has 0 radical (unpaired) electrons. The third-order valence-corrected chi connectivity index (χ3v) is 10.4. The largest absolute Gasteiger partial charge is 0.400 e. The van der Waals surface area contributed by atoms with Gasteiger partial charge in [0.05, 0.1) is 0 Å². The van der Waals surface area contributed by atoms with Crippen molar-refractivity contribution in [1.82, 2.24) is 0 Å². The van der Waals surface area contributed by atoms with E-state index in [1.807, 2.05) is 12.1 Å². The monoisotopic (exact) mass is 836 g/mol. The summed E-state index contributed by atoms with van der Waals surface area (Å²) in [5, 5.41) is 0. The van der Waals surface area contributed by atoms with Gasteiger partial charge in [-0.3, -0.25) is 0 Å². The molecule has 4 aromatic carbocycles. The van der Waals surface area contributed by atoms with Gasteiger partial charge >= 0.3 is 12.4 Å². The molecule has 0 heterocycles. The maximum absolute atomic E-state index is 13.4. The zero-order valence-electron chi connectivity index (χ0n) is 21.5. The molecule has 0 saturated heterocycles. The summed E-state index contributed by atoms with van der Waals surface area (Å²) in [6.45, 7) is 0. The van der Waals surface area contributed by atoms with Crippen LogP contribution in [-0.4, -0.2) is 12.4 Å². The van der Waals surface area contributed by atoms with Crippen LogP contribution in [0.15, 0.2) is 130 Å². The SMILES string of the molecule is FC(F)(F)[C@@H](/C(Br)=C(/Br)c1ccccc1)c1ccccc1.FC(F)(F)[C@@H](/C(Br)=C(/Br)c1ccccc1)c1ccccc1. The average Bonchev–Trinajstić information content (AvgIpc) is 2.97. The summed E-state index contributed by atoms with van der Waals surface area (Å²) in [7, 11) is 0. The van der Waals surface area contributed by atoms with Gasteiger partial charge in [0.25, 0.3) is 0 Å². The van der Waals surface area contributed by atoms with Gasteiger partial charge in [0.2, 0.25) is 0 Å².